The molecule has 1 heterocycles. The number of aliphatic carboxylic acids is 1. The third-order valence-electron chi connectivity index (χ3n) is 4.84. The number of hydrogen-bond acceptors (Lipinski definition) is 5. The molecule has 1 fully saturated rings. The maximum Gasteiger partial charge on any atom is 0.324 e. The van der Waals surface area contributed by atoms with Gasteiger partial charge in [0.25, 0.3) is 0 Å². The summed E-state index contributed by atoms with van der Waals surface area (Å²) in [5, 5.41) is 13.4. The second-order valence-electron chi connectivity index (χ2n) is 7.10. The molecule has 1 saturated carbocycles. The van der Waals surface area contributed by atoms with E-state index in [0.29, 0.717) is 18.1 Å². The van der Waals surface area contributed by atoms with Gasteiger partial charge in [0.15, 0.2) is 14.6 Å². The Labute approximate surface area is 153 Å². The lowest BCUT2D eigenvalue weighted by Gasteiger charge is -2.24. The number of hydrogen-bond donors (Lipinski definition) is 1. The van der Waals surface area contributed by atoms with E-state index >= 15 is 0 Å². The van der Waals surface area contributed by atoms with Gasteiger partial charge < -0.3 is 9.94 Å². The van der Waals surface area contributed by atoms with E-state index in [9.17, 15) is 18.3 Å². The summed E-state index contributed by atoms with van der Waals surface area (Å²) >= 11 is 0. The first kappa shape index (κ1) is 18.5. The van der Waals surface area contributed by atoms with E-state index in [1.807, 2.05) is 24.3 Å². The molecule has 7 heteroatoms. The SMILES string of the molecule is CC(CC1CC(c2ccc(C#CC3CC3)cc2)=NO1)(C(=O)O)S(C)(=O)=O. The average molecular weight is 375 g/mol. The van der Waals surface area contributed by atoms with Crippen LogP contribution in [0.1, 0.15) is 43.7 Å². The molecule has 2 atom stereocenters. The monoisotopic (exact) mass is 375 g/mol. The number of carboxylic acid groups (broad SMARTS) is 1. The maximum atomic E-state index is 11.9. The molecule has 1 aromatic rings. The highest BCUT2D eigenvalue weighted by molar-refractivity contribution is 7.92. The highest BCUT2D eigenvalue weighted by Crippen LogP contribution is 2.30. The zero-order chi connectivity index (χ0) is 18.9. The van der Waals surface area contributed by atoms with Crippen molar-refractivity contribution >= 4 is 21.5 Å². The molecule has 0 aromatic heterocycles. The standard InChI is InChI=1S/C19H21NO5S/c1-19(18(21)22,26(2,23)24)12-16-11-17(20-25-16)15-9-7-14(8-10-15)6-5-13-3-4-13/h7-10,13,16H,3-4,11-12H2,1-2H3,(H,21,22). The van der Waals surface area contributed by atoms with Gasteiger partial charge in [-0.2, -0.15) is 0 Å². The quantitative estimate of drug-likeness (QED) is 0.797. The molecule has 0 bridgehead atoms. The van der Waals surface area contributed by atoms with Crippen LogP contribution in [0.5, 0.6) is 0 Å². The number of benzene rings is 1. The minimum Gasteiger partial charge on any atom is -0.480 e. The Kier molecular flexibility index (Phi) is 4.80. The minimum atomic E-state index is -3.79. The van der Waals surface area contributed by atoms with Crippen LogP contribution < -0.4 is 0 Å². The zero-order valence-electron chi connectivity index (χ0n) is 14.7. The molecule has 3 rings (SSSR count). The molecule has 0 saturated heterocycles. The smallest absolute Gasteiger partial charge is 0.324 e. The summed E-state index contributed by atoms with van der Waals surface area (Å²) < 4.78 is 21.9. The molecule has 1 aliphatic heterocycles. The van der Waals surface area contributed by atoms with Gasteiger partial charge in [-0.15, -0.1) is 0 Å². The fourth-order valence-electron chi connectivity index (χ4n) is 2.70. The average Bonchev–Trinajstić information content (AvgIpc) is 3.30. The lowest BCUT2D eigenvalue weighted by atomic mass is 9.97. The number of carboxylic acids is 1. The first-order chi connectivity index (χ1) is 12.2. The van der Waals surface area contributed by atoms with Crippen LogP contribution in [0.25, 0.3) is 0 Å². The summed E-state index contributed by atoms with van der Waals surface area (Å²) in [6, 6.07) is 7.62. The van der Waals surface area contributed by atoms with E-state index in [2.05, 4.69) is 17.0 Å². The number of sulfone groups is 1. The fourth-order valence-corrected chi connectivity index (χ4v) is 3.50. The van der Waals surface area contributed by atoms with Crippen LogP contribution in [0.2, 0.25) is 0 Å². The van der Waals surface area contributed by atoms with Crippen molar-refractivity contribution in [3.05, 3.63) is 35.4 Å². The fraction of sp³-hybridized carbons (Fsp3) is 0.474. The molecule has 1 N–H and O–H groups in total. The van der Waals surface area contributed by atoms with Crippen molar-refractivity contribution in [1.82, 2.24) is 0 Å². The summed E-state index contributed by atoms with van der Waals surface area (Å²) in [7, 11) is -3.79. The van der Waals surface area contributed by atoms with E-state index in [1.54, 1.807) is 0 Å². The number of nitrogens with zero attached hydrogens (tertiary/aromatic N) is 1. The van der Waals surface area contributed by atoms with Crippen molar-refractivity contribution in [2.45, 2.75) is 43.5 Å². The summed E-state index contributed by atoms with van der Waals surface area (Å²) in [4.78, 5) is 16.8. The number of oxime groups is 1. The van der Waals surface area contributed by atoms with Gasteiger partial charge >= 0.3 is 5.97 Å². The van der Waals surface area contributed by atoms with Crippen molar-refractivity contribution in [1.29, 1.82) is 0 Å². The highest BCUT2D eigenvalue weighted by atomic mass is 32.2. The lowest BCUT2D eigenvalue weighted by molar-refractivity contribution is -0.140. The largest absolute Gasteiger partial charge is 0.480 e. The Morgan fingerprint density at radius 1 is 1.35 bits per heavy atom. The van der Waals surface area contributed by atoms with E-state index in [4.69, 9.17) is 4.84 Å². The van der Waals surface area contributed by atoms with Gasteiger partial charge in [-0.1, -0.05) is 29.1 Å². The molecule has 6 nitrogen and oxygen atoms in total. The number of carbonyl (C=O) groups is 1. The van der Waals surface area contributed by atoms with Gasteiger partial charge in [0.2, 0.25) is 0 Å². The van der Waals surface area contributed by atoms with Crippen molar-refractivity contribution in [2.75, 3.05) is 6.26 Å². The molecule has 1 aromatic carbocycles. The Morgan fingerprint density at radius 3 is 2.54 bits per heavy atom. The highest BCUT2D eigenvalue weighted by Gasteiger charge is 2.47. The molecule has 0 amide bonds. The Balaban J connectivity index is 1.66. The van der Waals surface area contributed by atoms with Crippen LogP contribution in [-0.2, 0) is 19.5 Å². The molecule has 2 aliphatic rings. The van der Waals surface area contributed by atoms with E-state index < -0.39 is 26.7 Å². The van der Waals surface area contributed by atoms with Crippen molar-refractivity contribution in [3.8, 4) is 11.8 Å². The second-order valence-corrected chi connectivity index (χ2v) is 9.55. The predicted molar refractivity (Wildman–Crippen MR) is 97.6 cm³/mol. The summed E-state index contributed by atoms with van der Waals surface area (Å²) in [5.74, 6) is 5.51. The molecule has 0 spiro atoms. The summed E-state index contributed by atoms with van der Waals surface area (Å²) in [5.41, 5.74) is 2.48. The second kappa shape index (κ2) is 6.76. The van der Waals surface area contributed by atoms with Crippen LogP contribution in [0.15, 0.2) is 29.4 Å². The van der Waals surface area contributed by atoms with Gasteiger partial charge in [0.05, 0.1) is 5.71 Å². The topological polar surface area (TPSA) is 93.0 Å². The van der Waals surface area contributed by atoms with Gasteiger partial charge in [-0.3, -0.25) is 4.79 Å². The molecular weight excluding hydrogens is 354 g/mol. The molecule has 26 heavy (non-hydrogen) atoms. The van der Waals surface area contributed by atoms with E-state index in [1.165, 1.54) is 19.8 Å². The third-order valence-corrected chi connectivity index (χ3v) is 6.82. The Morgan fingerprint density at radius 2 is 2.00 bits per heavy atom. The normalized spacial score (nSPS) is 21.8. The van der Waals surface area contributed by atoms with Gasteiger partial charge in [0, 0.05) is 30.6 Å². The van der Waals surface area contributed by atoms with Crippen LogP contribution >= 0.6 is 0 Å². The molecular formula is C19H21NO5S. The first-order valence-electron chi connectivity index (χ1n) is 8.47. The molecule has 138 valence electrons. The van der Waals surface area contributed by atoms with Gasteiger partial charge in [0.1, 0.15) is 6.10 Å². The van der Waals surface area contributed by atoms with Gasteiger partial charge in [-0.25, -0.2) is 8.42 Å². The Bertz CT molecular complexity index is 903. The van der Waals surface area contributed by atoms with Crippen LogP contribution in [0.4, 0.5) is 0 Å². The third kappa shape index (κ3) is 3.91. The number of rotatable bonds is 5. The van der Waals surface area contributed by atoms with Crippen LogP contribution in [0.3, 0.4) is 0 Å². The minimum absolute atomic E-state index is 0.154. The Hall–Kier alpha value is -2.33. The summed E-state index contributed by atoms with van der Waals surface area (Å²) in [6.07, 6.45) is 2.92. The van der Waals surface area contributed by atoms with Crippen LogP contribution in [0, 0.1) is 17.8 Å². The van der Waals surface area contributed by atoms with Crippen molar-refractivity contribution in [3.63, 3.8) is 0 Å². The predicted octanol–water partition coefficient (Wildman–Crippen LogP) is 2.22. The van der Waals surface area contributed by atoms with E-state index in [-0.39, 0.29) is 6.42 Å². The van der Waals surface area contributed by atoms with Crippen molar-refractivity contribution < 1.29 is 23.2 Å². The molecule has 1 aliphatic carbocycles. The molecule has 0 radical (unpaired) electrons. The summed E-state index contributed by atoms with van der Waals surface area (Å²) in [6.45, 7) is 1.21. The van der Waals surface area contributed by atoms with Crippen molar-refractivity contribution in [2.24, 2.45) is 11.1 Å². The first-order valence-corrected chi connectivity index (χ1v) is 10.4. The van der Waals surface area contributed by atoms with Crippen LogP contribution in [-0.4, -0.2) is 42.3 Å². The lowest BCUT2D eigenvalue weighted by Crippen LogP contribution is -2.45. The van der Waals surface area contributed by atoms with Gasteiger partial charge in [-0.05, 0) is 37.5 Å². The van der Waals surface area contributed by atoms with E-state index in [0.717, 1.165) is 17.4 Å². The molecule has 2 unspecified atom stereocenters. The zero-order valence-corrected chi connectivity index (χ0v) is 15.5. The maximum absolute atomic E-state index is 11.9.